The van der Waals surface area contributed by atoms with E-state index < -0.39 is 0 Å². The van der Waals surface area contributed by atoms with E-state index in [-0.39, 0.29) is 11.9 Å². The average molecular weight is 279 g/mol. The van der Waals surface area contributed by atoms with E-state index in [1.165, 1.54) is 31.4 Å². The van der Waals surface area contributed by atoms with E-state index in [2.05, 4.69) is 19.2 Å². The fraction of sp³-hybridized carbons (Fsp3) is 0.647. The van der Waals surface area contributed by atoms with Crippen LogP contribution in [0, 0.1) is 11.7 Å². The van der Waals surface area contributed by atoms with Gasteiger partial charge in [-0.15, -0.1) is 0 Å². The Kier molecular flexibility index (Phi) is 5.84. The number of rotatable bonds is 6. The highest BCUT2D eigenvalue weighted by Gasteiger charge is 2.31. The molecule has 1 saturated carbocycles. The smallest absolute Gasteiger partial charge is 0.126 e. The first kappa shape index (κ1) is 15.3. The molecule has 0 bridgehead atoms. The number of hydrogen-bond acceptors (Lipinski definition) is 2. The maximum atomic E-state index is 13.3. The Bertz CT molecular complexity index is 410. The summed E-state index contributed by atoms with van der Waals surface area (Å²) >= 11 is 0. The minimum absolute atomic E-state index is 0.155. The van der Waals surface area contributed by atoms with Gasteiger partial charge in [0.1, 0.15) is 17.7 Å². The van der Waals surface area contributed by atoms with Crippen LogP contribution in [-0.4, -0.2) is 18.7 Å². The van der Waals surface area contributed by atoms with Gasteiger partial charge >= 0.3 is 0 Å². The molecule has 1 aromatic rings. The number of hydrogen-bond donors (Lipinski definition) is 1. The molecule has 0 spiro atoms. The van der Waals surface area contributed by atoms with Crippen molar-refractivity contribution in [1.82, 2.24) is 5.32 Å². The Morgan fingerprint density at radius 1 is 1.30 bits per heavy atom. The van der Waals surface area contributed by atoms with Crippen LogP contribution in [0.5, 0.6) is 5.75 Å². The molecule has 0 saturated heterocycles. The van der Waals surface area contributed by atoms with E-state index in [0.29, 0.717) is 11.8 Å². The average Bonchev–Trinajstić information content (AvgIpc) is 2.42. The number of nitrogens with one attached hydrogen (secondary N) is 1. The molecule has 0 radical (unpaired) electrons. The number of likely N-dealkylation sites (N-methyl/N-ethyl adjacent to an activating group) is 1. The van der Waals surface area contributed by atoms with E-state index in [1.54, 1.807) is 6.07 Å². The second kappa shape index (κ2) is 7.63. The lowest BCUT2D eigenvalue weighted by Gasteiger charge is -2.36. The lowest BCUT2D eigenvalue weighted by atomic mass is 9.81. The molecular weight excluding hydrogens is 253 g/mol. The van der Waals surface area contributed by atoms with Crippen LogP contribution in [0.1, 0.15) is 46.0 Å². The Labute approximate surface area is 121 Å². The van der Waals surface area contributed by atoms with Gasteiger partial charge in [0.25, 0.3) is 0 Å². The topological polar surface area (TPSA) is 21.3 Å². The molecule has 1 N–H and O–H groups in total. The van der Waals surface area contributed by atoms with Crippen molar-refractivity contribution in [3.63, 3.8) is 0 Å². The summed E-state index contributed by atoms with van der Waals surface area (Å²) in [4.78, 5) is 0. The molecule has 0 aromatic heterocycles. The molecule has 1 aromatic carbocycles. The zero-order chi connectivity index (χ0) is 14.4. The van der Waals surface area contributed by atoms with Crippen molar-refractivity contribution in [2.75, 3.05) is 6.54 Å². The van der Waals surface area contributed by atoms with Gasteiger partial charge in [0.15, 0.2) is 0 Å². The zero-order valence-electron chi connectivity index (χ0n) is 12.6. The molecule has 0 heterocycles. The molecule has 3 heteroatoms. The third-order valence-electron chi connectivity index (χ3n) is 4.15. The lowest BCUT2D eigenvalue weighted by Crippen LogP contribution is -2.47. The van der Waals surface area contributed by atoms with Gasteiger partial charge in [-0.2, -0.15) is 0 Å². The van der Waals surface area contributed by atoms with Gasteiger partial charge in [0, 0.05) is 12.1 Å². The van der Waals surface area contributed by atoms with Crippen molar-refractivity contribution in [1.29, 1.82) is 0 Å². The SMILES string of the molecule is CCCC1CCC(NCC)C(Oc2cccc(F)c2)C1. The Morgan fingerprint density at radius 3 is 2.85 bits per heavy atom. The summed E-state index contributed by atoms with van der Waals surface area (Å²) in [6.45, 7) is 5.31. The molecule has 2 rings (SSSR count). The van der Waals surface area contributed by atoms with Crippen molar-refractivity contribution in [2.24, 2.45) is 5.92 Å². The van der Waals surface area contributed by atoms with Crippen molar-refractivity contribution in [3.05, 3.63) is 30.1 Å². The Balaban J connectivity index is 2.02. The lowest BCUT2D eigenvalue weighted by molar-refractivity contribution is 0.0837. The summed E-state index contributed by atoms with van der Waals surface area (Å²) in [6, 6.07) is 6.87. The van der Waals surface area contributed by atoms with E-state index in [1.807, 2.05) is 6.07 Å². The summed E-state index contributed by atoms with van der Waals surface area (Å²) in [5.41, 5.74) is 0. The summed E-state index contributed by atoms with van der Waals surface area (Å²) in [5.74, 6) is 1.16. The quantitative estimate of drug-likeness (QED) is 0.844. The van der Waals surface area contributed by atoms with Crippen LogP contribution in [0.25, 0.3) is 0 Å². The normalized spacial score (nSPS) is 26.4. The standard InChI is InChI=1S/C17H26FNO/c1-3-6-13-9-10-16(19-4-2)17(11-13)20-15-8-5-7-14(18)12-15/h5,7-8,12-13,16-17,19H,3-4,6,9-11H2,1-2H3. The minimum Gasteiger partial charge on any atom is -0.489 e. The largest absolute Gasteiger partial charge is 0.489 e. The van der Waals surface area contributed by atoms with Gasteiger partial charge in [0.05, 0.1) is 0 Å². The van der Waals surface area contributed by atoms with Crippen LogP contribution < -0.4 is 10.1 Å². The summed E-state index contributed by atoms with van der Waals surface area (Å²) in [5, 5.41) is 3.51. The van der Waals surface area contributed by atoms with Gasteiger partial charge < -0.3 is 10.1 Å². The van der Waals surface area contributed by atoms with Gasteiger partial charge in [-0.05, 0) is 43.9 Å². The van der Waals surface area contributed by atoms with Gasteiger partial charge in [-0.25, -0.2) is 4.39 Å². The predicted molar refractivity (Wildman–Crippen MR) is 80.5 cm³/mol. The molecular formula is C17H26FNO. The van der Waals surface area contributed by atoms with Gasteiger partial charge in [-0.3, -0.25) is 0 Å². The van der Waals surface area contributed by atoms with E-state index in [4.69, 9.17) is 4.74 Å². The molecule has 3 unspecified atom stereocenters. The van der Waals surface area contributed by atoms with Crippen molar-refractivity contribution >= 4 is 0 Å². The van der Waals surface area contributed by atoms with E-state index in [0.717, 1.165) is 25.3 Å². The van der Waals surface area contributed by atoms with Crippen LogP contribution in [0.4, 0.5) is 4.39 Å². The first-order valence-electron chi connectivity index (χ1n) is 7.88. The van der Waals surface area contributed by atoms with Crippen LogP contribution in [0.3, 0.4) is 0 Å². The van der Waals surface area contributed by atoms with Gasteiger partial charge in [-0.1, -0.05) is 32.8 Å². The minimum atomic E-state index is -0.233. The van der Waals surface area contributed by atoms with Crippen molar-refractivity contribution in [2.45, 2.75) is 58.1 Å². The monoisotopic (exact) mass is 279 g/mol. The van der Waals surface area contributed by atoms with Crippen LogP contribution >= 0.6 is 0 Å². The fourth-order valence-electron chi connectivity index (χ4n) is 3.22. The number of ether oxygens (including phenoxy) is 1. The molecule has 1 aliphatic carbocycles. The third-order valence-corrected chi connectivity index (χ3v) is 4.15. The van der Waals surface area contributed by atoms with Crippen molar-refractivity contribution < 1.29 is 9.13 Å². The molecule has 1 aliphatic rings. The number of benzene rings is 1. The maximum absolute atomic E-state index is 13.3. The molecule has 0 amide bonds. The molecule has 112 valence electrons. The highest BCUT2D eigenvalue weighted by atomic mass is 19.1. The fourth-order valence-corrected chi connectivity index (χ4v) is 3.22. The summed E-state index contributed by atoms with van der Waals surface area (Å²) < 4.78 is 19.3. The molecule has 20 heavy (non-hydrogen) atoms. The van der Waals surface area contributed by atoms with Gasteiger partial charge in [0.2, 0.25) is 0 Å². The second-order valence-electron chi connectivity index (χ2n) is 5.75. The highest BCUT2D eigenvalue weighted by molar-refractivity contribution is 5.23. The Morgan fingerprint density at radius 2 is 2.15 bits per heavy atom. The maximum Gasteiger partial charge on any atom is 0.126 e. The van der Waals surface area contributed by atoms with Crippen molar-refractivity contribution in [3.8, 4) is 5.75 Å². The predicted octanol–water partition coefficient (Wildman–Crippen LogP) is 4.15. The molecule has 2 nitrogen and oxygen atoms in total. The first-order valence-corrected chi connectivity index (χ1v) is 7.88. The van der Waals surface area contributed by atoms with E-state index in [9.17, 15) is 4.39 Å². The molecule has 0 aliphatic heterocycles. The zero-order valence-corrected chi connectivity index (χ0v) is 12.6. The summed E-state index contributed by atoms with van der Waals surface area (Å²) in [7, 11) is 0. The van der Waals surface area contributed by atoms with Crippen LogP contribution in [0.15, 0.2) is 24.3 Å². The molecule has 1 fully saturated rings. The Hall–Kier alpha value is -1.09. The summed E-state index contributed by atoms with van der Waals surface area (Å²) in [6.07, 6.45) is 6.14. The second-order valence-corrected chi connectivity index (χ2v) is 5.75. The number of halogens is 1. The van der Waals surface area contributed by atoms with Crippen LogP contribution in [0.2, 0.25) is 0 Å². The highest BCUT2D eigenvalue weighted by Crippen LogP contribution is 2.31. The van der Waals surface area contributed by atoms with Crippen LogP contribution in [-0.2, 0) is 0 Å². The third kappa shape index (κ3) is 4.20. The van der Waals surface area contributed by atoms with E-state index >= 15 is 0 Å². The molecule has 3 atom stereocenters. The first-order chi connectivity index (χ1) is 9.72.